The van der Waals surface area contributed by atoms with Crippen LogP contribution in [-0.4, -0.2) is 65.7 Å². The lowest BCUT2D eigenvalue weighted by molar-refractivity contribution is 0.0258. The number of aliphatic imine (C=N–C) groups is 1. The van der Waals surface area contributed by atoms with Crippen molar-refractivity contribution >= 4 is 29.9 Å². The molecule has 2 N–H and O–H groups in total. The number of ether oxygens (including phenoxy) is 3. The maximum absolute atomic E-state index is 5.74. The predicted octanol–water partition coefficient (Wildman–Crippen LogP) is 2.27. The Hall–Kier alpha value is -0.120. The molecule has 0 radical (unpaired) electrons. The van der Waals surface area contributed by atoms with Crippen LogP contribution in [0.15, 0.2) is 4.99 Å². The van der Waals surface area contributed by atoms with Crippen LogP contribution in [0.5, 0.6) is 0 Å². The highest BCUT2D eigenvalue weighted by molar-refractivity contribution is 14.0. The molecular weight excluding hydrogens is 409 g/mol. The van der Waals surface area contributed by atoms with Gasteiger partial charge in [-0.05, 0) is 25.7 Å². The molecule has 0 saturated carbocycles. The third-order valence-electron chi connectivity index (χ3n) is 3.26. The molecule has 1 atom stereocenters. The number of guanidine groups is 1. The first-order chi connectivity index (χ1) is 10.7. The Balaban J connectivity index is 0. The molecule has 0 aromatic carbocycles. The van der Waals surface area contributed by atoms with Crippen LogP contribution in [0, 0.1) is 5.92 Å². The zero-order chi connectivity index (χ0) is 16.6. The van der Waals surface area contributed by atoms with Crippen molar-refractivity contribution in [3.63, 3.8) is 0 Å². The molecule has 0 aromatic heterocycles. The Labute approximate surface area is 159 Å². The van der Waals surface area contributed by atoms with Crippen molar-refractivity contribution < 1.29 is 14.2 Å². The van der Waals surface area contributed by atoms with E-state index >= 15 is 0 Å². The van der Waals surface area contributed by atoms with Crippen LogP contribution in [0.25, 0.3) is 0 Å². The smallest absolute Gasteiger partial charge is 0.190 e. The van der Waals surface area contributed by atoms with Crippen molar-refractivity contribution in [1.29, 1.82) is 0 Å². The average molecular weight is 445 g/mol. The van der Waals surface area contributed by atoms with E-state index in [-0.39, 0.29) is 24.0 Å². The summed E-state index contributed by atoms with van der Waals surface area (Å²) in [5.41, 5.74) is 0. The summed E-state index contributed by atoms with van der Waals surface area (Å²) >= 11 is 0. The fourth-order valence-corrected chi connectivity index (χ4v) is 2.00. The fourth-order valence-electron chi connectivity index (χ4n) is 2.00. The Morgan fingerprint density at radius 2 is 1.78 bits per heavy atom. The molecule has 0 aliphatic heterocycles. The number of methoxy groups -OCH3 is 1. The van der Waals surface area contributed by atoms with E-state index in [1.165, 1.54) is 0 Å². The fraction of sp³-hybridized carbons (Fsp3) is 0.938. The Morgan fingerprint density at radius 1 is 1.09 bits per heavy atom. The standard InChI is InChI=1S/C16H35N3O3.HI/c1-6-22-15(14(2)3)8-10-19-16(17-4)18-9-7-11-21-13-12-20-5;/h14-15H,6-13H2,1-5H3,(H2,17,18,19);1H. The molecule has 0 heterocycles. The summed E-state index contributed by atoms with van der Waals surface area (Å²) in [6, 6.07) is 0. The van der Waals surface area contributed by atoms with Crippen molar-refractivity contribution in [2.75, 3.05) is 53.7 Å². The van der Waals surface area contributed by atoms with Crippen LogP contribution >= 0.6 is 24.0 Å². The summed E-state index contributed by atoms with van der Waals surface area (Å²) in [7, 11) is 3.46. The molecule has 0 bridgehead atoms. The van der Waals surface area contributed by atoms with Gasteiger partial charge in [-0.25, -0.2) is 0 Å². The lowest BCUT2D eigenvalue weighted by atomic mass is 10.0. The van der Waals surface area contributed by atoms with Crippen molar-refractivity contribution in [1.82, 2.24) is 10.6 Å². The molecule has 0 spiro atoms. The van der Waals surface area contributed by atoms with E-state index in [1.54, 1.807) is 14.2 Å². The van der Waals surface area contributed by atoms with Crippen LogP contribution in [0.2, 0.25) is 0 Å². The second-order valence-electron chi connectivity index (χ2n) is 5.41. The molecule has 23 heavy (non-hydrogen) atoms. The molecule has 0 rings (SSSR count). The van der Waals surface area contributed by atoms with E-state index in [2.05, 4.69) is 29.5 Å². The van der Waals surface area contributed by atoms with Gasteiger partial charge in [0.25, 0.3) is 0 Å². The van der Waals surface area contributed by atoms with Crippen molar-refractivity contribution in [2.24, 2.45) is 10.9 Å². The van der Waals surface area contributed by atoms with Crippen LogP contribution in [-0.2, 0) is 14.2 Å². The second-order valence-corrected chi connectivity index (χ2v) is 5.41. The molecule has 140 valence electrons. The number of rotatable bonds is 13. The van der Waals surface area contributed by atoms with Crippen LogP contribution in [0.1, 0.15) is 33.6 Å². The first-order valence-electron chi connectivity index (χ1n) is 8.28. The summed E-state index contributed by atoms with van der Waals surface area (Å²) in [6.45, 7) is 10.9. The highest BCUT2D eigenvalue weighted by atomic mass is 127. The maximum atomic E-state index is 5.74. The van der Waals surface area contributed by atoms with E-state index in [4.69, 9.17) is 14.2 Å². The predicted molar refractivity (Wildman–Crippen MR) is 107 cm³/mol. The van der Waals surface area contributed by atoms with Gasteiger partial charge in [0.2, 0.25) is 0 Å². The van der Waals surface area contributed by atoms with Gasteiger partial charge in [-0.3, -0.25) is 4.99 Å². The molecule has 0 aromatic rings. The van der Waals surface area contributed by atoms with E-state index in [0.717, 1.165) is 45.1 Å². The topological polar surface area (TPSA) is 64.1 Å². The van der Waals surface area contributed by atoms with Crippen molar-refractivity contribution in [3.8, 4) is 0 Å². The monoisotopic (exact) mass is 445 g/mol. The minimum atomic E-state index is 0. The second kappa shape index (κ2) is 18.2. The van der Waals surface area contributed by atoms with Crippen molar-refractivity contribution in [3.05, 3.63) is 0 Å². The van der Waals surface area contributed by atoms with Crippen LogP contribution < -0.4 is 10.6 Å². The first kappa shape index (κ1) is 25.1. The normalized spacial score (nSPS) is 12.9. The van der Waals surface area contributed by atoms with E-state index in [9.17, 15) is 0 Å². The molecule has 0 aliphatic carbocycles. The summed E-state index contributed by atoms with van der Waals surface area (Å²) < 4.78 is 16.1. The lowest BCUT2D eigenvalue weighted by Crippen LogP contribution is -2.39. The molecule has 7 heteroatoms. The van der Waals surface area contributed by atoms with Gasteiger partial charge in [-0.15, -0.1) is 24.0 Å². The van der Waals surface area contributed by atoms with Gasteiger partial charge in [0.15, 0.2) is 5.96 Å². The lowest BCUT2D eigenvalue weighted by Gasteiger charge is -2.21. The van der Waals surface area contributed by atoms with E-state index < -0.39 is 0 Å². The van der Waals surface area contributed by atoms with Gasteiger partial charge >= 0.3 is 0 Å². The van der Waals surface area contributed by atoms with Gasteiger partial charge in [0.1, 0.15) is 0 Å². The molecule has 6 nitrogen and oxygen atoms in total. The minimum absolute atomic E-state index is 0. The molecule has 0 amide bonds. The third kappa shape index (κ3) is 15.2. The van der Waals surface area contributed by atoms with Gasteiger partial charge in [0, 0.05) is 40.5 Å². The third-order valence-corrected chi connectivity index (χ3v) is 3.26. The maximum Gasteiger partial charge on any atom is 0.190 e. The summed E-state index contributed by atoms with van der Waals surface area (Å²) in [4.78, 5) is 4.22. The number of nitrogens with zero attached hydrogens (tertiary/aromatic N) is 1. The van der Waals surface area contributed by atoms with Crippen LogP contribution in [0.4, 0.5) is 0 Å². The molecule has 0 fully saturated rings. The number of halogens is 1. The van der Waals surface area contributed by atoms with Crippen LogP contribution in [0.3, 0.4) is 0 Å². The zero-order valence-electron chi connectivity index (χ0n) is 15.4. The molecule has 1 unspecified atom stereocenters. The molecule has 0 aliphatic rings. The van der Waals surface area contributed by atoms with Gasteiger partial charge in [-0.2, -0.15) is 0 Å². The molecule has 0 saturated heterocycles. The highest BCUT2D eigenvalue weighted by Crippen LogP contribution is 2.09. The number of nitrogens with one attached hydrogen (secondary N) is 2. The highest BCUT2D eigenvalue weighted by Gasteiger charge is 2.12. The minimum Gasteiger partial charge on any atom is -0.382 e. The van der Waals surface area contributed by atoms with Gasteiger partial charge in [0.05, 0.1) is 19.3 Å². The Morgan fingerprint density at radius 3 is 2.35 bits per heavy atom. The van der Waals surface area contributed by atoms with Gasteiger partial charge in [-0.1, -0.05) is 13.8 Å². The van der Waals surface area contributed by atoms with E-state index in [0.29, 0.717) is 25.2 Å². The average Bonchev–Trinajstić information content (AvgIpc) is 2.51. The number of hydrogen-bond donors (Lipinski definition) is 2. The zero-order valence-corrected chi connectivity index (χ0v) is 17.7. The largest absolute Gasteiger partial charge is 0.382 e. The summed E-state index contributed by atoms with van der Waals surface area (Å²) in [5.74, 6) is 1.36. The first-order valence-corrected chi connectivity index (χ1v) is 8.28. The quantitative estimate of drug-likeness (QED) is 0.197. The van der Waals surface area contributed by atoms with E-state index in [1.807, 2.05) is 6.92 Å². The number of hydrogen-bond acceptors (Lipinski definition) is 4. The molecular formula is C16H36IN3O3. The summed E-state index contributed by atoms with van der Waals surface area (Å²) in [6.07, 6.45) is 2.22. The summed E-state index contributed by atoms with van der Waals surface area (Å²) in [5, 5.41) is 6.60. The van der Waals surface area contributed by atoms with Crippen molar-refractivity contribution in [2.45, 2.75) is 39.7 Å². The SMILES string of the molecule is CCOC(CCNC(=NC)NCCCOCCOC)C(C)C.I. The Bertz CT molecular complexity index is 279. The Kier molecular flexibility index (Phi) is 19.9. The van der Waals surface area contributed by atoms with Gasteiger partial charge < -0.3 is 24.8 Å².